The van der Waals surface area contributed by atoms with Crippen LogP contribution in [0.3, 0.4) is 0 Å². The number of ketones is 1. The van der Waals surface area contributed by atoms with Crippen molar-refractivity contribution in [3.63, 3.8) is 0 Å². The summed E-state index contributed by atoms with van der Waals surface area (Å²) in [5.41, 5.74) is 3.71. The molecule has 0 bridgehead atoms. The van der Waals surface area contributed by atoms with Crippen molar-refractivity contribution >= 4 is 17.4 Å². The number of benzene rings is 3. The van der Waals surface area contributed by atoms with E-state index in [0.717, 1.165) is 11.1 Å². The van der Waals surface area contributed by atoms with Gasteiger partial charge in [0.05, 0.1) is 24.9 Å². The number of Topliss-reactive ketones (excluding diaryl/α,β-unsaturated/α-hetero) is 1. The zero-order valence-corrected chi connectivity index (χ0v) is 17.9. The summed E-state index contributed by atoms with van der Waals surface area (Å²) in [7, 11) is 1.60. The minimum Gasteiger partial charge on any atom is -0.497 e. The number of carbonyl (C=O) groups excluding carboxylic acids is 2. The number of nitrogens with zero attached hydrogens (tertiary/aromatic N) is 2. The van der Waals surface area contributed by atoms with E-state index in [2.05, 4.69) is 5.32 Å². The number of hydrogen-bond donors (Lipinski definition) is 1. The van der Waals surface area contributed by atoms with Gasteiger partial charge in [-0.1, -0.05) is 54.6 Å². The van der Waals surface area contributed by atoms with Gasteiger partial charge < -0.3 is 10.1 Å². The largest absolute Gasteiger partial charge is 0.497 e. The Hall–Kier alpha value is -4.19. The third kappa shape index (κ3) is 4.59. The molecule has 0 aliphatic rings. The fourth-order valence-corrected chi connectivity index (χ4v) is 3.51. The first-order chi connectivity index (χ1) is 15.5. The number of amides is 1. The van der Waals surface area contributed by atoms with Crippen molar-refractivity contribution in [3.05, 3.63) is 102 Å². The molecule has 0 fully saturated rings. The van der Waals surface area contributed by atoms with E-state index in [9.17, 15) is 9.59 Å². The third-order valence-corrected chi connectivity index (χ3v) is 5.09. The molecule has 3 aromatic carbocycles. The van der Waals surface area contributed by atoms with Gasteiger partial charge in [-0.25, -0.2) is 0 Å². The molecule has 160 valence electrons. The van der Waals surface area contributed by atoms with Crippen LogP contribution >= 0.6 is 0 Å². The number of methoxy groups -OCH3 is 1. The number of rotatable bonds is 7. The summed E-state index contributed by atoms with van der Waals surface area (Å²) in [6.07, 6.45) is 1.73. The van der Waals surface area contributed by atoms with E-state index in [4.69, 9.17) is 9.84 Å². The van der Waals surface area contributed by atoms with E-state index in [1.807, 2.05) is 54.6 Å². The number of carbonyl (C=O) groups is 2. The van der Waals surface area contributed by atoms with E-state index < -0.39 is 0 Å². The second-order valence-corrected chi connectivity index (χ2v) is 7.36. The molecule has 0 unspecified atom stereocenters. The summed E-state index contributed by atoms with van der Waals surface area (Å²) in [5.74, 6) is 0.220. The van der Waals surface area contributed by atoms with Gasteiger partial charge in [0.2, 0.25) is 0 Å². The monoisotopic (exact) mass is 425 g/mol. The molecule has 0 saturated heterocycles. The van der Waals surface area contributed by atoms with Crippen molar-refractivity contribution in [1.29, 1.82) is 0 Å². The molecule has 1 amide bonds. The normalized spacial score (nSPS) is 10.6. The molecule has 0 atom stereocenters. The molecular weight excluding hydrogens is 402 g/mol. The maximum absolute atomic E-state index is 13.3. The van der Waals surface area contributed by atoms with E-state index in [1.54, 1.807) is 42.3 Å². The smallest absolute Gasteiger partial charge is 0.259 e. The molecule has 4 rings (SSSR count). The van der Waals surface area contributed by atoms with Crippen LogP contribution in [0, 0.1) is 0 Å². The van der Waals surface area contributed by atoms with Gasteiger partial charge in [0.15, 0.2) is 5.78 Å². The lowest BCUT2D eigenvalue weighted by Crippen LogP contribution is -2.14. The van der Waals surface area contributed by atoms with Gasteiger partial charge in [-0.05, 0) is 36.8 Å². The van der Waals surface area contributed by atoms with Gasteiger partial charge in [0, 0.05) is 17.3 Å². The Balaban J connectivity index is 1.73. The highest BCUT2D eigenvalue weighted by Crippen LogP contribution is 2.27. The Morgan fingerprint density at radius 2 is 1.69 bits per heavy atom. The van der Waals surface area contributed by atoms with E-state index >= 15 is 0 Å². The fourth-order valence-electron chi connectivity index (χ4n) is 3.51. The number of nitrogens with one attached hydrogen (secondary N) is 1. The summed E-state index contributed by atoms with van der Waals surface area (Å²) in [4.78, 5) is 25.3. The third-order valence-electron chi connectivity index (χ3n) is 5.09. The van der Waals surface area contributed by atoms with Crippen LogP contribution in [0.5, 0.6) is 5.75 Å². The van der Waals surface area contributed by atoms with Gasteiger partial charge in [0.25, 0.3) is 5.91 Å². The van der Waals surface area contributed by atoms with Crippen LogP contribution in [0.25, 0.3) is 11.3 Å². The van der Waals surface area contributed by atoms with Crippen molar-refractivity contribution in [2.45, 2.75) is 13.5 Å². The maximum atomic E-state index is 13.3. The molecule has 6 nitrogen and oxygen atoms in total. The second kappa shape index (κ2) is 9.31. The standard InChI is InChI=1S/C26H23N3O3/c1-18(30)22-13-6-7-14-24(22)27-26(31)23-17-29(16-19-9-4-3-5-10-19)28-25(23)20-11-8-12-21(15-20)32-2/h3-15,17H,16H2,1-2H3,(H,27,31). The first-order valence-electron chi connectivity index (χ1n) is 10.2. The molecule has 0 aliphatic heterocycles. The lowest BCUT2D eigenvalue weighted by Gasteiger charge is -2.09. The van der Waals surface area contributed by atoms with Crippen molar-refractivity contribution in [3.8, 4) is 17.0 Å². The summed E-state index contributed by atoms with van der Waals surface area (Å²) in [5, 5.41) is 7.58. The second-order valence-electron chi connectivity index (χ2n) is 7.36. The molecular formula is C26H23N3O3. The van der Waals surface area contributed by atoms with Crippen LogP contribution in [-0.4, -0.2) is 28.6 Å². The molecule has 0 aliphatic carbocycles. The lowest BCUT2D eigenvalue weighted by atomic mass is 10.1. The van der Waals surface area contributed by atoms with Crippen molar-refractivity contribution < 1.29 is 14.3 Å². The SMILES string of the molecule is COc1cccc(-c2nn(Cc3ccccc3)cc2C(=O)Nc2ccccc2C(C)=O)c1. The number of aromatic nitrogens is 2. The van der Waals surface area contributed by atoms with Gasteiger partial charge >= 0.3 is 0 Å². The number of hydrogen-bond acceptors (Lipinski definition) is 4. The van der Waals surface area contributed by atoms with Crippen LogP contribution in [0.15, 0.2) is 85.1 Å². The number of para-hydroxylation sites is 1. The highest BCUT2D eigenvalue weighted by atomic mass is 16.5. The van der Waals surface area contributed by atoms with Gasteiger partial charge in [-0.3, -0.25) is 14.3 Å². The Kier molecular flexibility index (Phi) is 6.12. The van der Waals surface area contributed by atoms with Crippen LogP contribution in [0.2, 0.25) is 0 Å². The average molecular weight is 425 g/mol. The van der Waals surface area contributed by atoms with E-state index in [1.165, 1.54) is 6.92 Å². The number of anilines is 1. The zero-order valence-electron chi connectivity index (χ0n) is 17.9. The quantitative estimate of drug-likeness (QED) is 0.420. The Morgan fingerprint density at radius 1 is 0.938 bits per heavy atom. The Labute approximate surface area is 186 Å². The predicted molar refractivity (Wildman–Crippen MR) is 124 cm³/mol. The van der Waals surface area contributed by atoms with Crippen LogP contribution in [0.4, 0.5) is 5.69 Å². The van der Waals surface area contributed by atoms with E-state index in [-0.39, 0.29) is 11.7 Å². The molecule has 1 heterocycles. The first kappa shape index (κ1) is 21.1. The molecule has 0 saturated carbocycles. The molecule has 6 heteroatoms. The van der Waals surface area contributed by atoms with Crippen molar-refractivity contribution in [2.75, 3.05) is 12.4 Å². The fraction of sp³-hybridized carbons (Fsp3) is 0.115. The predicted octanol–water partition coefficient (Wildman–Crippen LogP) is 5.06. The summed E-state index contributed by atoms with van der Waals surface area (Å²) < 4.78 is 7.09. The van der Waals surface area contributed by atoms with Gasteiger partial charge in [-0.2, -0.15) is 5.10 Å². The van der Waals surface area contributed by atoms with Crippen molar-refractivity contribution in [2.24, 2.45) is 0 Å². The highest BCUT2D eigenvalue weighted by molar-refractivity contribution is 6.11. The van der Waals surface area contributed by atoms with Crippen LogP contribution < -0.4 is 10.1 Å². The lowest BCUT2D eigenvalue weighted by molar-refractivity contribution is 0.101. The molecule has 1 N–H and O–H groups in total. The average Bonchev–Trinajstić information content (AvgIpc) is 3.24. The van der Waals surface area contributed by atoms with E-state index in [0.29, 0.717) is 34.8 Å². The summed E-state index contributed by atoms with van der Waals surface area (Å²) in [6, 6.07) is 24.3. The van der Waals surface area contributed by atoms with Gasteiger partial charge in [-0.15, -0.1) is 0 Å². The minimum atomic E-state index is -0.337. The van der Waals surface area contributed by atoms with Crippen LogP contribution in [0.1, 0.15) is 33.2 Å². The highest BCUT2D eigenvalue weighted by Gasteiger charge is 2.20. The maximum Gasteiger partial charge on any atom is 0.259 e. The van der Waals surface area contributed by atoms with Crippen molar-refractivity contribution in [1.82, 2.24) is 9.78 Å². The summed E-state index contributed by atoms with van der Waals surface area (Å²) in [6.45, 7) is 2.00. The molecule has 1 aromatic heterocycles. The summed E-state index contributed by atoms with van der Waals surface area (Å²) >= 11 is 0. The molecule has 32 heavy (non-hydrogen) atoms. The Morgan fingerprint density at radius 3 is 2.44 bits per heavy atom. The molecule has 4 aromatic rings. The zero-order chi connectivity index (χ0) is 22.5. The number of ether oxygens (including phenoxy) is 1. The molecule has 0 radical (unpaired) electrons. The topological polar surface area (TPSA) is 73.2 Å². The first-order valence-corrected chi connectivity index (χ1v) is 10.2. The van der Waals surface area contributed by atoms with Crippen LogP contribution in [-0.2, 0) is 6.54 Å². The van der Waals surface area contributed by atoms with Gasteiger partial charge in [0.1, 0.15) is 11.4 Å². The molecule has 0 spiro atoms. The minimum absolute atomic E-state index is 0.117. The Bertz CT molecular complexity index is 1260.